The van der Waals surface area contributed by atoms with Crippen LogP contribution in [0.15, 0.2) is 59.7 Å². The van der Waals surface area contributed by atoms with Gasteiger partial charge in [-0.2, -0.15) is 5.10 Å². The smallest absolute Gasteiger partial charge is 0.271 e. The standard InChI is InChI=1S/C27H38N2O2/c1-3-5-6-7-8-9-10-14-22-31-25-20-18-24(19-21-25)27(30)29-28-26(15-4-2)23-16-12-11-13-17-23/h11-13,16-21H,3-10,14-15,22H2,1-2H3,(H,29,30)/b28-26-. The monoisotopic (exact) mass is 422 g/mol. The number of carbonyl (C=O) groups is 1. The van der Waals surface area contributed by atoms with Crippen LogP contribution in [0.3, 0.4) is 0 Å². The summed E-state index contributed by atoms with van der Waals surface area (Å²) in [5.74, 6) is 0.595. The molecule has 0 aliphatic heterocycles. The van der Waals surface area contributed by atoms with Gasteiger partial charge in [0.2, 0.25) is 0 Å². The van der Waals surface area contributed by atoms with Crippen LogP contribution >= 0.6 is 0 Å². The van der Waals surface area contributed by atoms with Gasteiger partial charge in [-0.05, 0) is 42.7 Å². The molecule has 2 aromatic carbocycles. The van der Waals surface area contributed by atoms with Crippen LogP contribution in [0.5, 0.6) is 5.75 Å². The van der Waals surface area contributed by atoms with Gasteiger partial charge in [0.05, 0.1) is 12.3 Å². The summed E-state index contributed by atoms with van der Waals surface area (Å²) in [5.41, 5.74) is 5.20. The predicted molar refractivity (Wildman–Crippen MR) is 130 cm³/mol. The maximum atomic E-state index is 12.5. The van der Waals surface area contributed by atoms with Crippen LogP contribution < -0.4 is 10.2 Å². The lowest BCUT2D eigenvalue weighted by molar-refractivity contribution is 0.0954. The van der Waals surface area contributed by atoms with Crippen molar-refractivity contribution in [2.75, 3.05) is 6.61 Å². The maximum Gasteiger partial charge on any atom is 0.271 e. The van der Waals surface area contributed by atoms with Crippen LogP contribution in [-0.4, -0.2) is 18.2 Å². The van der Waals surface area contributed by atoms with Crippen molar-refractivity contribution in [2.45, 2.75) is 78.1 Å². The molecule has 0 aromatic heterocycles. The van der Waals surface area contributed by atoms with Crippen molar-refractivity contribution in [1.29, 1.82) is 0 Å². The van der Waals surface area contributed by atoms with E-state index in [0.29, 0.717) is 5.56 Å². The van der Waals surface area contributed by atoms with Crippen molar-refractivity contribution in [3.05, 3.63) is 65.7 Å². The fraction of sp³-hybridized carbons (Fsp3) is 0.481. The molecule has 2 aromatic rings. The van der Waals surface area contributed by atoms with E-state index < -0.39 is 0 Å². The Hall–Kier alpha value is -2.62. The second-order valence-corrected chi connectivity index (χ2v) is 7.96. The second-order valence-electron chi connectivity index (χ2n) is 7.96. The largest absolute Gasteiger partial charge is 0.494 e. The van der Waals surface area contributed by atoms with Crippen molar-refractivity contribution in [1.82, 2.24) is 5.43 Å². The lowest BCUT2D eigenvalue weighted by Crippen LogP contribution is -2.20. The average Bonchev–Trinajstić information content (AvgIpc) is 2.81. The summed E-state index contributed by atoms with van der Waals surface area (Å²) in [5, 5.41) is 4.37. The zero-order chi connectivity index (χ0) is 22.2. The van der Waals surface area contributed by atoms with E-state index in [-0.39, 0.29) is 5.91 Å². The molecule has 0 spiro atoms. The van der Waals surface area contributed by atoms with Crippen LogP contribution in [0.4, 0.5) is 0 Å². The van der Waals surface area contributed by atoms with E-state index in [1.165, 1.54) is 44.9 Å². The highest BCUT2D eigenvalue weighted by Gasteiger charge is 2.07. The molecule has 0 saturated carbocycles. The fourth-order valence-corrected chi connectivity index (χ4v) is 3.44. The highest BCUT2D eigenvalue weighted by atomic mass is 16.5. The number of rotatable bonds is 15. The third-order valence-electron chi connectivity index (χ3n) is 5.27. The summed E-state index contributed by atoms with van der Waals surface area (Å²) in [4.78, 5) is 12.5. The average molecular weight is 423 g/mol. The first kappa shape index (κ1) is 24.6. The Balaban J connectivity index is 1.73. The topological polar surface area (TPSA) is 50.7 Å². The molecule has 1 amide bonds. The molecule has 4 nitrogen and oxygen atoms in total. The zero-order valence-electron chi connectivity index (χ0n) is 19.2. The first-order valence-corrected chi connectivity index (χ1v) is 11.9. The van der Waals surface area contributed by atoms with Crippen molar-refractivity contribution in [3.63, 3.8) is 0 Å². The molecular weight excluding hydrogens is 384 g/mol. The molecule has 2 rings (SSSR count). The van der Waals surface area contributed by atoms with Gasteiger partial charge >= 0.3 is 0 Å². The minimum absolute atomic E-state index is 0.209. The molecule has 0 saturated heterocycles. The lowest BCUT2D eigenvalue weighted by Gasteiger charge is -2.08. The van der Waals surface area contributed by atoms with E-state index in [4.69, 9.17) is 4.74 Å². The Bertz CT molecular complexity index is 770. The Kier molecular flexibility index (Phi) is 12.1. The molecule has 0 unspecified atom stereocenters. The molecule has 0 aliphatic rings. The van der Waals surface area contributed by atoms with E-state index in [9.17, 15) is 4.79 Å². The van der Waals surface area contributed by atoms with E-state index in [1.807, 2.05) is 42.5 Å². The van der Waals surface area contributed by atoms with Crippen LogP contribution in [0.1, 0.15) is 94.0 Å². The summed E-state index contributed by atoms with van der Waals surface area (Å²) in [7, 11) is 0. The molecule has 168 valence electrons. The normalized spacial score (nSPS) is 11.4. The summed E-state index contributed by atoms with van der Waals surface area (Å²) in [6.45, 7) is 5.08. The van der Waals surface area contributed by atoms with Gasteiger partial charge in [-0.3, -0.25) is 4.79 Å². The molecule has 31 heavy (non-hydrogen) atoms. The Morgan fingerprint density at radius 3 is 2.06 bits per heavy atom. The van der Waals surface area contributed by atoms with Crippen molar-refractivity contribution >= 4 is 11.6 Å². The van der Waals surface area contributed by atoms with Gasteiger partial charge in [0.1, 0.15) is 5.75 Å². The van der Waals surface area contributed by atoms with E-state index in [2.05, 4.69) is 24.4 Å². The van der Waals surface area contributed by atoms with Gasteiger partial charge in [-0.1, -0.05) is 95.5 Å². The van der Waals surface area contributed by atoms with Crippen LogP contribution in [0.2, 0.25) is 0 Å². The number of nitrogens with one attached hydrogen (secondary N) is 1. The van der Waals surface area contributed by atoms with Gasteiger partial charge in [0.15, 0.2) is 0 Å². The van der Waals surface area contributed by atoms with Crippen molar-refractivity contribution in [2.24, 2.45) is 5.10 Å². The number of unbranched alkanes of at least 4 members (excludes halogenated alkanes) is 7. The number of hydrogen-bond acceptors (Lipinski definition) is 3. The van der Waals surface area contributed by atoms with Crippen molar-refractivity contribution < 1.29 is 9.53 Å². The molecule has 0 heterocycles. The van der Waals surface area contributed by atoms with Crippen LogP contribution in [-0.2, 0) is 0 Å². The first-order valence-electron chi connectivity index (χ1n) is 11.9. The Morgan fingerprint density at radius 2 is 1.42 bits per heavy atom. The molecular formula is C27H38N2O2. The molecule has 0 bridgehead atoms. The number of carbonyl (C=O) groups excluding carboxylic acids is 1. The third kappa shape index (κ3) is 9.82. The Morgan fingerprint density at radius 1 is 0.774 bits per heavy atom. The summed E-state index contributed by atoms with van der Waals surface area (Å²) < 4.78 is 5.81. The van der Waals surface area contributed by atoms with Gasteiger partial charge in [0, 0.05) is 5.56 Å². The van der Waals surface area contributed by atoms with Crippen molar-refractivity contribution in [3.8, 4) is 5.75 Å². The summed E-state index contributed by atoms with van der Waals surface area (Å²) >= 11 is 0. The molecule has 0 radical (unpaired) electrons. The second kappa shape index (κ2) is 15.2. The number of hydrazone groups is 1. The summed E-state index contributed by atoms with van der Waals surface area (Å²) in [6.07, 6.45) is 12.1. The molecule has 0 fully saturated rings. The number of benzene rings is 2. The number of hydrogen-bond donors (Lipinski definition) is 1. The van der Waals surface area contributed by atoms with E-state index >= 15 is 0 Å². The highest BCUT2D eigenvalue weighted by Crippen LogP contribution is 2.14. The van der Waals surface area contributed by atoms with Gasteiger partial charge in [-0.25, -0.2) is 5.43 Å². The van der Waals surface area contributed by atoms with Crippen LogP contribution in [0, 0.1) is 0 Å². The first-order chi connectivity index (χ1) is 15.2. The van der Waals surface area contributed by atoms with E-state index in [1.54, 1.807) is 12.1 Å². The molecule has 1 N–H and O–H groups in total. The number of nitrogens with zero attached hydrogens (tertiary/aromatic N) is 1. The van der Waals surface area contributed by atoms with Gasteiger partial charge in [-0.15, -0.1) is 0 Å². The third-order valence-corrected chi connectivity index (χ3v) is 5.27. The Labute approximate surface area is 188 Å². The highest BCUT2D eigenvalue weighted by molar-refractivity contribution is 6.02. The SMILES string of the molecule is CCCCCCCCCCOc1ccc(C(=O)N/N=C(/CCC)c2ccccc2)cc1. The minimum atomic E-state index is -0.209. The van der Waals surface area contributed by atoms with Gasteiger partial charge < -0.3 is 4.74 Å². The quantitative estimate of drug-likeness (QED) is 0.188. The predicted octanol–water partition coefficient (Wildman–Crippen LogP) is 7.14. The molecule has 0 aliphatic carbocycles. The molecule has 4 heteroatoms. The van der Waals surface area contributed by atoms with E-state index in [0.717, 1.165) is 42.9 Å². The zero-order valence-corrected chi connectivity index (χ0v) is 19.2. The minimum Gasteiger partial charge on any atom is -0.494 e. The van der Waals surface area contributed by atoms with Crippen LogP contribution in [0.25, 0.3) is 0 Å². The number of ether oxygens (including phenoxy) is 1. The number of amides is 1. The molecule has 0 atom stereocenters. The van der Waals surface area contributed by atoms with Gasteiger partial charge in [0.25, 0.3) is 5.91 Å². The fourth-order valence-electron chi connectivity index (χ4n) is 3.44. The lowest BCUT2D eigenvalue weighted by atomic mass is 10.1. The maximum absolute atomic E-state index is 12.5. The summed E-state index contributed by atoms with van der Waals surface area (Å²) in [6, 6.07) is 17.2.